The molecule has 1 spiro atoms. The normalized spacial score (nSPS) is 27.0. The number of halogens is 1. The molecule has 0 saturated heterocycles. The summed E-state index contributed by atoms with van der Waals surface area (Å²) in [5.41, 5.74) is 6.83. The Morgan fingerprint density at radius 2 is 1.93 bits per heavy atom. The van der Waals surface area contributed by atoms with Crippen molar-refractivity contribution in [1.82, 2.24) is 4.98 Å². The molecule has 6 nitrogen and oxygen atoms in total. The first-order chi connectivity index (χ1) is 21.5. The molecule has 4 atom stereocenters. The maximum Gasteiger partial charge on any atom is 0.329 e. The first-order valence-corrected chi connectivity index (χ1v) is 17.1. The number of pyridine rings is 1. The Kier molecular flexibility index (Phi) is 8.93. The van der Waals surface area contributed by atoms with Gasteiger partial charge >= 0.3 is 5.97 Å². The summed E-state index contributed by atoms with van der Waals surface area (Å²) in [5, 5.41) is 25.1. The molecular formula is C38H47ClN2O4. The number of aliphatic hydroxyl groups is 1. The second-order valence-electron chi connectivity index (χ2n) is 14.2. The largest absolute Gasteiger partial charge is 0.493 e. The van der Waals surface area contributed by atoms with E-state index >= 15 is 0 Å². The summed E-state index contributed by atoms with van der Waals surface area (Å²) in [4.78, 5) is 17.5. The molecule has 1 heterocycles. The first kappa shape index (κ1) is 31.9. The van der Waals surface area contributed by atoms with Crippen LogP contribution in [0.1, 0.15) is 111 Å². The van der Waals surface area contributed by atoms with Crippen molar-refractivity contribution in [3.8, 4) is 5.75 Å². The van der Waals surface area contributed by atoms with Crippen LogP contribution in [0.2, 0.25) is 5.02 Å². The lowest BCUT2D eigenvalue weighted by molar-refractivity contribution is -0.144. The van der Waals surface area contributed by atoms with Crippen LogP contribution in [0.3, 0.4) is 0 Å². The fourth-order valence-electron chi connectivity index (χ4n) is 8.66. The average Bonchev–Trinajstić information content (AvgIpc) is 3.30. The van der Waals surface area contributed by atoms with Crippen molar-refractivity contribution in [1.29, 1.82) is 0 Å². The molecule has 3 N–H and O–H groups in total. The van der Waals surface area contributed by atoms with Crippen molar-refractivity contribution in [2.45, 2.75) is 108 Å². The number of ether oxygens (including phenoxy) is 1. The number of aromatic nitrogens is 1. The molecule has 1 unspecified atom stereocenters. The maximum absolute atomic E-state index is 12.9. The minimum Gasteiger partial charge on any atom is -0.493 e. The van der Waals surface area contributed by atoms with Crippen LogP contribution in [0.5, 0.6) is 5.75 Å². The van der Waals surface area contributed by atoms with Gasteiger partial charge in [0, 0.05) is 28.2 Å². The smallest absolute Gasteiger partial charge is 0.329 e. The molecule has 3 aliphatic carbocycles. The standard InChI is InChI=1S/C38H47ClN2O4/c1-23(22-45-34-11-16-40-33-10-5-7-24(2)35(33)34)17-28-20-31-25(3)18-27(26(4)42)19-32(31)37(28)12-14-38(15-13-37,36(43)44)41-30-9-6-8-29(39)21-30/h6,8-9,11,16,18-19,21,23-24,26,28,41-42H,5,7,10,12-15,17,20,22H2,1-4H3,(H,43,44)/t23-,24-,26-,28?,37?,38?/m1/s1. The fourth-order valence-corrected chi connectivity index (χ4v) is 8.85. The Balaban J connectivity index is 1.26. The number of benzene rings is 2. The molecule has 3 aromatic rings. The average molecular weight is 631 g/mol. The Morgan fingerprint density at radius 3 is 2.64 bits per heavy atom. The van der Waals surface area contributed by atoms with Crippen LogP contribution in [-0.2, 0) is 23.1 Å². The molecular weight excluding hydrogens is 584 g/mol. The highest BCUT2D eigenvalue weighted by Crippen LogP contribution is 2.57. The van der Waals surface area contributed by atoms with E-state index in [0.717, 1.165) is 49.1 Å². The van der Waals surface area contributed by atoms with Crippen LogP contribution in [0.25, 0.3) is 0 Å². The number of aliphatic hydroxyl groups excluding tert-OH is 1. The number of anilines is 1. The van der Waals surface area contributed by atoms with Gasteiger partial charge in [-0.3, -0.25) is 4.98 Å². The Hall–Kier alpha value is -3.09. The molecule has 0 aliphatic heterocycles. The van der Waals surface area contributed by atoms with E-state index in [1.54, 1.807) is 12.1 Å². The van der Waals surface area contributed by atoms with Crippen LogP contribution in [0.4, 0.5) is 5.69 Å². The van der Waals surface area contributed by atoms with Gasteiger partial charge in [-0.15, -0.1) is 0 Å². The lowest BCUT2D eigenvalue weighted by atomic mass is 9.59. The molecule has 1 saturated carbocycles. The number of carbonyl (C=O) groups is 1. The number of rotatable bonds is 9. The number of fused-ring (bicyclic) bond motifs is 3. The SMILES string of the molecule is Cc1cc([C@@H](C)O)cc2c1CC(C[C@@H](C)COc1ccnc3c1[C@H](C)CCC3)C21CCC(Nc2cccc(Cl)c2)(C(=O)O)CC1. The van der Waals surface area contributed by atoms with E-state index in [2.05, 4.69) is 43.2 Å². The van der Waals surface area contributed by atoms with E-state index in [4.69, 9.17) is 16.3 Å². The second-order valence-corrected chi connectivity index (χ2v) is 14.7. The van der Waals surface area contributed by atoms with E-state index < -0.39 is 17.6 Å². The third-order valence-electron chi connectivity index (χ3n) is 11.1. The summed E-state index contributed by atoms with van der Waals surface area (Å²) < 4.78 is 6.54. The molecule has 0 amide bonds. The van der Waals surface area contributed by atoms with Crippen LogP contribution in [-0.4, -0.2) is 33.3 Å². The zero-order valence-electron chi connectivity index (χ0n) is 27.0. The molecule has 7 heteroatoms. The van der Waals surface area contributed by atoms with Gasteiger partial charge in [-0.05, 0) is 141 Å². The minimum atomic E-state index is -1.06. The third kappa shape index (κ3) is 6.08. The summed E-state index contributed by atoms with van der Waals surface area (Å²) in [6.45, 7) is 9.18. The third-order valence-corrected chi connectivity index (χ3v) is 11.4. The molecule has 3 aliphatic rings. The number of nitrogens with zero attached hydrogens (tertiary/aromatic N) is 1. The number of carboxylic acid groups (broad SMARTS) is 1. The van der Waals surface area contributed by atoms with Gasteiger partial charge in [0.25, 0.3) is 0 Å². The van der Waals surface area contributed by atoms with E-state index in [1.165, 1.54) is 40.8 Å². The van der Waals surface area contributed by atoms with Gasteiger partial charge in [-0.25, -0.2) is 4.79 Å². The number of aliphatic carboxylic acids is 1. The van der Waals surface area contributed by atoms with E-state index in [0.29, 0.717) is 42.2 Å². The quantitative estimate of drug-likeness (QED) is 0.219. The molecule has 0 bridgehead atoms. The number of nitrogens with one attached hydrogen (secondary N) is 1. The van der Waals surface area contributed by atoms with Gasteiger partial charge in [0.15, 0.2) is 0 Å². The number of carboxylic acids is 1. The minimum absolute atomic E-state index is 0.154. The van der Waals surface area contributed by atoms with Gasteiger partial charge in [0.1, 0.15) is 11.3 Å². The first-order valence-electron chi connectivity index (χ1n) is 16.7. The summed E-state index contributed by atoms with van der Waals surface area (Å²) in [5.74, 6) is 1.30. The monoisotopic (exact) mass is 630 g/mol. The summed E-state index contributed by atoms with van der Waals surface area (Å²) >= 11 is 6.25. The van der Waals surface area contributed by atoms with Crippen molar-refractivity contribution in [3.63, 3.8) is 0 Å². The predicted molar refractivity (Wildman–Crippen MR) is 179 cm³/mol. The summed E-state index contributed by atoms with van der Waals surface area (Å²) in [6.07, 6.45) is 9.19. The number of aryl methyl sites for hydroxylation is 2. The number of hydrogen-bond donors (Lipinski definition) is 3. The Bertz CT molecular complexity index is 1560. The molecule has 2 aromatic carbocycles. The predicted octanol–water partition coefficient (Wildman–Crippen LogP) is 8.56. The van der Waals surface area contributed by atoms with Crippen LogP contribution in [0, 0.1) is 18.8 Å². The molecule has 6 rings (SSSR count). The van der Waals surface area contributed by atoms with Gasteiger partial charge in [0.05, 0.1) is 12.7 Å². The zero-order valence-corrected chi connectivity index (χ0v) is 27.8. The lowest BCUT2D eigenvalue weighted by Crippen LogP contribution is -2.53. The van der Waals surface area contributed by atoms with Gasteiger partial charge in [0.2, 0.25) is 0 Å². The molecule has 1 fully saturated rings. The van der Waals surface area contributed by atoms with Crippen molar-refractivity contribution in [3.05, 3.63) is 87.2 Å². The van der Waals surface area contributed by atoms with Crippen LogP contribution < -0.4 is 10.1 Å². The van der Waals surface area contributed by atoms with Crippen LogP contribution in [0.15, 0.2) is 48.7 Å². The Labute approximate surface area is 272 Å². The lowest BCUT2D eigenvalue weighted by Gasteiger charge is -2.47. The summed E-state index contributed by atoms with van der Waals surface area (Å²) in [7, 11) is 0. The van der Waals surface area contributed by atoms with E-state index in [1.807, 2.05) is 31.3 Å². The zero-order chi connectivity index (χ0) is 31.9. The highest BCUT2D eigenvalue weighted by atomic mass is 35.5. The van der Waals surface area contributed by atoms with Crippen molar-refractivity contribution in [2.75, 3.05) is 11.9 Å². The molecule has 45 heavy (non-hydrogen) atoms. The van der Waals surface area contributed by atoms with E-state index in [-0.39, 0.29) is 5.41 Å². The van der Waals surface area contributed by atoms with Crippen LogP contribution >= 0.6 is 11.6 Å². The summed E-state index contributed by atoms with van der Waals surface area (Å²) in [6, 6.07) is 13.7. The van der Waals surface area contributed by atoms with Gasteiger partial charge < -0.3 is 20.3 Å². The van der Waals surface area contributed by atoms with Crippen molar-refractivity contribution in [2.24, 2.45) is 11.8 Å². The molecule has 240 valence electrons. The fraction of sp³-hybridized carbons (Fsp3) is 0.526. The highest BCUT2D eigenvalue weighted by Gasteiger charge is 2.54. The molecule has 1 aromatic heterocycles. The topological polar surface area (TPSA) is 91.7 Å². The second kappa shape index (κ2) is 12.6. The van der Waals surface area contributed by atoms with Gasteiger partial charge in [-0.2, -0.15) is 0 Å². The Morgan fingerprint density at radius 1 is 1.16 bits per heavy atom. The van der Waals surface area contributed by atoms with E-state index in [9.17, 15) is 15.0 Å². The number of hydrogen-bond acceptors (Lipinski definition) is 5. The molecule has 0 radical (unpaired) electrons. The van der Waals surface area contributed by atoms with Crippen molar-refractivity contribution < 1.29 is 19.7 Å². The van der Waals surface area contributed by atoms with Crippen molar-refractivity contribution >= 4 is 23.3 Å². The maximum atomic E-state index is 12.9. The van der Waals surface area contributed by atoms with Gasteiger partial charge in [-0.1, -0.05) is 43.6 Å². The highest BCUT2D eigenvalue weighted by molar-refractivity contribution is 6.30.